The fourth-order valence-corrected chi connectivity index (χ4v) is 5.63. The quantitative estimate of drug-likeness (QED) is 0.615. The molecule has 0 aliphatic heterocycles. The van der Waals surface area contributed by atoms with Gasteiger partial charge >= 0.3 is 0 Å². The van der Waals surface area contributed by atoms with Gasteiger partial charge in [-0.3, -0.25) is 0 Å². The molecule has 1 aromatic heterocycles. The number of hydrogen-bond donors (Lipinski definition) is 0. The largest absolute Gasteiger partial charge is 0.378 e. The molecule has 1 aromatic rings. The van der Waals surface area contributed by atoms with Gasteiger partial charge in [0.25, 0.3) is 0 Å². The number of rotatable bonds is 5. The molecular formula is C13H18Br2OS. The van der Waals surface area contributed by atoms with E-state index in [1.54, 1.807) is 0 Å². The molecule has 96 valence electrons. The van der Waals surface area contributed by atoms with Gasteiger partial charge in [0.1, 0.15) is 0 Å². The van der Waals surface area contributed by atoms with Crippen LogP contribution in [0, 0.1) is 12.8 Å². The molecule has 1 aliphatic rings. The fraction of sp³-hybridized carbons (Fsp3) is 0.692. The lowest BCUT2D eigenvalue weighted by Crippen LogP contribution is -2.31. The minimum absolute atomic E-state index is 0.489. The van der Waals surface area contributed by atoms with Gasteiger partial charge < -0.3 is 4.74 Å². The van der Waals surface area contributed by atoms with Crippen LogP contribution in [0.5, 0.6) is 0 Å². The number of alkyl halides is 1. The molecule has 0 aromatic carbocycles. The van der Waals surface area contributed by atoms with Crippen molar-refractivity contribution in [2.45, 2.75) is 44.0 Å². The summed E-state index contributed by atoms with van der Waals surface area (Å²) in [6.45, 7) is 5.09. The van der Waals surface area contributed by atoms with Gasteiger partial charge in [0.05, 0.1) is 10.9 Å². The Morgan fingerprint density at radius 3 is 2.76 bits per heavy atom. The Morgan fingerprint density at radius 2 is 2.24 bits per heavy atom. The highest BCUT2D eigenvalue weighted by molar-refractivity contribution is 9.11. The third-order valence-corrected chi connectivity index (χ3v) is 6.47. The highest BCUT2D eigenvalue weighted by Crippen LogP contribution is 2.44. The molecule has 1 heterocycles. The molecule has 1 unspecified atom stereocenters. The Bertz CT molecular complexity index is 371. The van der Waals surface area contributed by atoms with Crippen LogP contribution in [-0.4, -0.2) is 12.7 Å². The minimum Gasteiger partial charge on any atom is -0.378 e. The molecule has 0 spiro atoms. The highest BCUT2D eigenvalue weighted by atomic mass is 79.9. The summed E-state index contributed by atoms with van der Waals surface area (Å²) in [7, 11) is 0. The van der Waals surface area contributed by atoms with Crippen molar-refractivity contribution >= 4 is 43.2 Å². The van der Waals surface area contributed by atoms with Gasteiger partial charge in [0.2, 0.25) is 0 Å². The molecule has 2 rings (SSSR count). The molecule has 17 heavy (non-hydrogen) atoms. The Hall–Kier alpha value is 0.620. The molecule has 1 saturated carbocycles. The molecule has 4 heteroatoms. The Morgan fingerprint density at radius 1 is 1.53 bits per heavy atom. The number of ether oxygens (including phenoxy) is 1. The van der Waals surface area contributed by atoms with Gasteiger partial charge in [0.15, 0.2) is 0 Å². The lowest BCUT2D eigenvalue weighted by Gasteiger charge is -2.36. The predicted molar refractivity (Wildman–Crippen MR) is 81.2 cm³/mol. The monoisotopic (exact) mass is 380 g/mol. The average Bonchev–Trinajstić information content (AvgIpc) is 2.54. The lowest BCUT2D eigenvalue weighted by atomic mass is 9.79. The first kappa shape index (κ1) is 14.0. The Balaban J connectivity index is 1.82. The van der Waals surface area contributed by atoms with E-state index in [0.29, 0.717) is 10.9 Å². The molecule has 0 bridgehead atoms. The molecule has 0 amide bonds. The summed E-state index contributed by atoms with van der Waals surface area (Å²) in [6.07, 6.45) is 4.22. The van der Waals surface area contributed by atoms with Crippen LogP contribution in [0.3, 0.4) is 0 Å². The van der Waals surface area contributed by atoms with Crippen molar-refractivity contribution < 1.29 is 4.74 Å². The Labute approximate surface area is 124 Å². The maximum Gasteiger partial charge on any atom is 0.0580 e. The van der Waals surface area contributed by atoms with Gasteiger partial charge in [-0.2, -0.15) is 0 Å². The first-order valence-electron chi connectivity index (χ1n) is 6.11. The van der Waals surface area contributed by atoms with Crippen molar-refractivity contribution in [1.82, 2.24) is 0 Å². The number of aryl methyl sites for hydroxylation is 1. The third kappa shape index (κ3) is 3.55. The van der Waals surface area contributed by atoms with Crippen LogP contribution in [-0.2, 0) is 4.74 Å². The zero-order valence-electron chi connectivity index (χ0n) is 10.2. The van der Waals surface area contributed by atoms with Crippen molar-refractivity contribution in [3.8, 4) is 0 Å². The molecule has 0 saturated heterocycles. The van der Waals surface area contributed by atoms with Crippen LogP contribution in [0.4, 0.5) is 0 Å². The maximum absolute atomic E-state index is 5.60. The smallest absolute Gasteiger partial charge is 0.0580 e. The fourth-order valence-electron chi connectivity index (χ4n) is 2.35. The second-order valence-corrected chi connectivity index (χ2v) is 7.93. The standard InChI is InChI=1S/C13H18Br2OS/c1-3-16-10-5-9(6-10)7-12(15)13-11(14)4-8(2)17-13/h4,9-10,12H,3,5-7H2,1-2H3. The summed E-state index contributed by atoms with van der Waals surface area (Å²) in [4.78, 5) is 3.29. The van der Waals surface area contributed by atoms with E-state index in [4.69, 9.17) is 4.74 Å². The topological polar surface area (TPSA) is 9.23 Å². The van der Waals surface area contributed by atoms with E-state index in [0.717, 1.165) is 12.5 Å². The molecular weight excluding hydrogens is 364 g/mol. The highest BCUT2D eigenvalue weighted by Gasteiger charge is 2.31. The van der Waals surface area contributed by atoms with E-state index in [2.05, 4.69) is 51.8 Å². The van der Waals surface area contributed by atoms with E-state index in [1.165, 1.54) is 33.5 Å². The summed E-state index contributed by atoms with van der Waals surface area (Å²) in [5, 5.41) is 0. The van der Waals surface area contributed by atoms with E-state index in [-0.39, 0.29) is 0 Å². The molecule has 1 aliphatic carbocycles. The van der Waals surface area contributed by atoms with Crippen molar-refractivity contribution in [2.75, 3.05) is 6.61 Å². The second-order valence-electron chi connectivity index (χ2n) is 4.69. The van der Waals surface area contributed by atoms with Crippen LogP contribution >= 0.6 is 43.2 Å². The zero-order chi connectivity index (χ0) is 12.4. The van der Waals surface area contributed by atoms with Gasteiger partial charge in [0, 0.05) is 20.8 Å². The zero-order valence-corrected chi connectivity index (χ0v) is 14.2. The maximum atomic E-state index is 5.60. The first-order valence-corrected chi connectivity index (χ1v) is 8.64. The summed E-state index contributed by atoms with van der Waals surface area (Å²) >= 11 is 9.35. The average molecular weight is 382 g/mol. The van der Waals surface area contributed by atoms with Crippen LogP contribution < -0.4 is 0 Å². The van der Waals surface area contributed by atoms with Gasteiger partial charge in [-0.15, -0.1) is 11.3 Å². The SMILES string of the molecule is CCOC1CC(CC(Br)c2sc(C)cc2Br)C1. The van der Waals surface area contributed by atoms with Gasteiger partial charge in [-0.1, -0.05) is 15.9 Å². The molecule has 1 nitrogen and oxygen atoms in total. The molecule has 0 radical (unpaired) electrons. The molecule has 0 N–H and O–H groups in total. The Kier molecular flexibility index (Phi) is 5.10. The van der Waals surface area contributed by atoms with Crippen LogP contribution in [0.1, 0.15) is 40.8 Å². The number of thiophene rings is 1. The van der Waals surface area contributed by atoms with Crippen LogP contribution in [0.25, 0.3) is 0 Å². The van der Waals surface area contributed by atoms with Gasteiger partial charge in [-0.25, -0.2) is 0 Å². The summed E-state index contributed by atoms with van der Waals surface area (Å²) in [5.41, 5.74) is 0. The molecule has 1 atom stereocenters. The second kappa shape index (κ2) is 6.18. The predicted octanol–water partition coefficient (Wildman–Crippen LogP) is 5.46. The number of halogens is 2. The van der Waals surface area contributed by atoms with Crippen molar-refractivity contribution in [3.05, 3.63) is 20.3 Å². The van der Waals surface area contributed by atoms with Crippen LogP contribution in [0.2, 0.25) is 0 Å². The third-order valence-electron chi connectivity index (χ3n) is 3.26. The molecule has 1 fully saturated rings. The van der Waals surface area contributed by atoms with E-state index < -0.39 is 0 Å². The first-order chi connectivity index (χ1) is 8.10. The number of hydrogen-bond acceptors (Lipinski definition) is 2. The summed E-state index contributed by atoms with van der Waals surface area (Å²) in [6, 6.07) is 2.21. The summed E-state index contributed by atoms with van der Waals surface area (Å²) < 4.78 is 6.85. The van der Waals surface area contributed by atoms with Gasteiger partial charge in [-0.05, 0) is 61.0 Å². The normalized spacial score (nSPS) is 25.6. The van der Waals surface area contributed by atoms with E-state index >= 15 is 0 Å². The minimum atomic E-state index is 0.489. The van der Waals surface area contributed by atoms with E-state index in [9.17, 15) is 0 Å². The van der Waals surface area contributed by atoms with Crippen molar-refractivity contribution in [2.24, 2.45) is 5.92 Å². The summed E-state index contributed by atoms with van der Waals surface area (Å²) in [5.74, 6) is 0.824. The van der Waals surface area contributed by atoms with Crippen LogP contribution in [0.15, 0.2) is 10.5 Å². The lowest BCUT2D eigenvalue weighted by molar-refractivity contribution is -0.0264. The van der Waals surface area contributed by atoms with Crippen molar-refractivity contribution in [1.29, 1.82) is 0 Å². The van der Waals surface area contributed by atoms with Crippen molar-refractivity contribution in [3.63, 3.8) is 0 Å². The van der Waals surface area contributed by atoms with E-state index in [1.807, 2.05) is 11.3 Å².